The van der Waals surface area contributed by atoms with Crippen LogP contribution in [0.1, 0.15) is 5.56 Å². The highest BCUT2D eigenvalue weighted by Gasteiger charge is 2.08. The average Bonchev–Trinajstić information content (AvgIpc) is 2.68. The summed E-state index contributed by atoms with van der Waals surface area (Å²) in [6, 6.07) is 18.4. The van der Waals surface area contributed by atoms with Gasteiger partial charge in [-0.15, -0.1) is 0 Å². The molecule has 2 aromatic carbocycles. The second kappa shape index (κ2) is 8.92. The van der Waals surface area contributed by atoms with Gasteiger partial charge in [0, 0.05) is 37.4 Å². The van der Waals surface area contributed by atoms with Crippen LogP contribution < -0.4 is 10.6 Å². The fourth-order valence-electron chi connectivity index (χ4n) is 2.47. The topological polar surface area (TPSA) is 59.1 Å². The lowest BCUT2D eigenvalue weighted by atomic mass is 10.1. The molecule has 0 amide bonds. The number of hydrogen-bond donors (Lipinski definition) is 2. The summed E-state index contributed by atoms with van der Waals surface area (Å²) in [6.07, 6.45) is 0. The SMILES string of the molecule is COCCNc1cc(-c2ccccc2)nc(NCc2ccccc2F)n1. The van der Waals surface area contributed by atoms with E-state index in [9.17, 15) is 4.39 Å². The first-order valence-corrected chi connectivity index (χ1v) is 8.41. The standard InChI is InChI=1S/C20H21FN4O/c1-26-12-11-22-19-13-18(15-7-3-2-4-8-15)24-20(25-19)23-14-16-9-5-6-10-17(16)21/h2-10,13H,11-12,14H2,1H3,(H2,22,23,24,25). The summed E-state index contributed by atoms with van der Waals surface area (Å²) in [5, 5.41) is 6.32. The van der Waals surface area contributed by atoms with Gasteiger partial charge < -0.3 is 15.4 Å². The van der Waals surface area contributed by atoms with Crippen molar-refractivity contribution in [2.45, 2.75) is 6.54 Å². The molecule has 0 fully saturated rings. The summed E-state index contributed by atoms with van der Waals surface area (Å²) < 4.78 is 18.9. The maximum Gasteiger partial charge on any atom is 0.225 e. The van der Waals surface area contributed by atoms with E-state index in [0.29, 0.717) is 37.0 Å². The lowest BCUT2D eigenvalue weighted by Crippen LogP contribution is -2.11. The molecule has 6 heteroatoms. The van der Waals surface area contributed by atoms with E-state index in [2.05, 4.69) is 20.6 Å². The number of methoxy groups -OCH3 is 1. The van der Waals surface area contributed by atoms with Crippen molar-refractivity contribution in [1.82, 2.24) is 9.97 Å². The molecule has 0 unspecified atom stereocenters. The molecule has 134 valence electrons. The molecule has 26 heavy (non-hydrogen) atoms. The average molecular weight is 352 g/mol. The first kappa shape index (κ1) is 17.8. The van der Waals surface area contributed by atoms with E-state index in [-0.39, 0.29) is 5.82 Å². The summed E-state index contributed by atoms with van der Waals surface area (Å²) in [5.41, 5.74) is 2.34. The fourth-order valence-corrected chi connectivity index (χ4v) is 2.47. The first-order valence-electron chi connectivity index (χ1n) is 8.41. The van der Waals surface area contributed by atoms with Gasteiger partial charge in [-0.2, -0.15) is 4.98 Å². The quantitative estimate of drug-likeness (QED) is 0.601. The molecule has 2 N–H and O–H groups in total. The zero-order valence-corrected chi connectivity index (χ0v) is 14.6. The molecule has 1 aromatic heterocycles. The van der Waals surface area contributed by atoms with Gasteiger partial charge in [-0.05, 0) is 6.07 Å². The van der Waals surface area contributed by atoms with Crippen LogP contribution >= 0.6 is 0 Å². The molecule has 0 saturated carbocycles. The van der Waals surface area contributed by atoms with E-state index in [1.165, 1.54) is 6.07 Å². The van der Waals surface area contributed by atoms with Crippen LogP contribution in [-0.2, 0) is 11.3 Å². The Balaban J connectivity index is 1.83. The number of benzene rings is 2. The van der Waals surface area contributed by atoms with Gasteiger partial charge in [-0.3, -0.25) is 0 Å². The van der Waals surface area contributed by atoms with Crippen molar-refractivity contribution in [3.8, 4) is 11.3 Å². The highest BCUT2D eigenvalue weighted by Crippen LogP contribution is 2.21. The molecule has 0 aliphatic carbocycles. The molecule has 0 radical (unpaired) electrons. The van der Waals surface area contributed by atoms with Gasteiger partial charge in [-0.25, -0.2) is 9.37 Å². The van der Waals surface area contributed by atoms with Crippen molar-refractivity contribution in [3.63, 3.8) is 0 Å². The van der Waals surface area contributed by atoms with E-state index in [4.69, 9.17) is 4.74 Å². The van der Waals surface area contributed by atoms with Gasteiger partial charge >= 0.3 is 0 Å². The first-order chi connectivity index (χ1) is 12.8. The number of nitrogens with one attached hydrogen (secondary N) is 2. The third-order valence-corrected chi connectivity index (χ3v) is 3.80. The van der Waals surface area contributed by atoms with E-state index in [1.807, 2.05) is 36.4 Å². The molecule has 0 aliphatic rings. The van der Waals surface area contributed by atoms with Crippen molar-refractivity contribution in [1.29, 1.82) is 0 Å². The van der Waals surface area contributed by atoms with Gasteiger partial charge in [-0.1, -0.05) is 48.5 Å². The number of rotatable bonds is 8. The van der Waals surface area contributed by atoms with Gasteiger partial charge in [0.25, 0.3) is 0 Å². The Hall–Kier alpha value is -2.99. The van der Waals surface area contributed by atoms with Crippen LogP contribution in [0.2, 0.25) is 0 Å². The van der Waals surface area contributed by atoms with E-state index < -0.39 is 0 Å². The lowest BCUT2D eigenvalue weighted by molar-refractivity contribution is 0.210. The molecule has 0 bridgehead atoms. The van der Waals surface area contributed by atoms with Crippen molar-refractivity contribution in [3.05, 3.63) is 72.0 Å². The molecule has 0 atom stereocenters. The minimum Gasteiger partial charge on any atom is -0.383 e. The minimum atomic E-state index is -0.252. The van der Waals surface area contributed by atoms with Crippen LogP contribution in [0, 0.1) is 5.82 Å². The number of anilines is 2. The Morgan fingerprint density at radius 1 is 0.962 bits per heavy atom. The second-order valence-electron chi connectivity index (χ2n) is 5.69. The number of ether oxygens (including phenoxy) is 1. The van der Waals surface area contributed by atoms with Crippen LogP contribution in [-0.4, -0.2) is 30.2 Å². The van der Waals surface area contributed by atoms with Crippen LogP contribution in [0.3, 0.4) is 0 Å². The summed E-state index contributed by atoms with van der Waals surface area (Å²) in [4.78, 5) is 9.02. The van der Waals surface area contributed by atoms with Crippen molar-refractivity contribution in [2.24, 2.45) is 0 Å². The molecule has 0 aliphatic heterocycles. The number of halogens is 1. The third kappa shape index (κ3) is 4.77. The number of nitrogens with zero attached hydrogens (tertiary/aromatic N) is 2. The van der Waals surface area contributed by atoms with Crippen LogP contribution in [0.5, 0.6) is 0 Å². The Bertz CT molecular complexity index is 842. The zero-order chi connectivity index (χ0) is 18.2. The molecular weight excluding hydrogens is 331 g/mol. The molecule has 5 nitrogen and oxygen atoms in total. The van der Waals surface area contributed by atoms with Gasteiger partial charge in [0.15, 0.2) is 0 Å². The summed E-state index contributed by atoms with van der Waals surface area (Å²) >= 11 is 0. The van der Waals surface area contributed by atoms with Crippen molar-refractivity contribution >= 4 is 11.8 Å². The molecule has 3 aromatic rings. The van der Waals surface area contributed by atoms with E-state index >= 15 is 0 Å². The maximum atomic E-state index is 13.8. The fraction of sp³-hybridized carbons (Fsp3) is 0.200. The van der Waals surface area contributed by atoms with Crippen LogP contribution in [0.15, 0.2) is 60.7 Å². The highest BCUT2D eigenvalue weighted by molar-refractivity contribution is 5.64. The second-order valence-corrected chi connectivity index (χ2v) is 5.69. The molecule has 3 rings (SSSR count). The van der Waals surface area contributed by atoms with Crippen LogP contribution in [0.25, 0.3) is 11.3 Å². The maximum absolute atomic E-state index is 13.8. The van der Waals surface area contributed by atoms with Crippen LogP contribution in [0.4, 0.5) is 16.2 Å². The third-order valence-electron chi connectivity index (χ3n) is 3.80. The predicted molar refractivity (Wildman–Crippen MR) is 102 cm³/mol. The summed E-state index contributed by atoms with van der Waals surface area (Å²) in [5.74, 6) is 0.874. The smallest absolute Gasteiger partial charge is 0.225 e. The largest absolute Gasteiger partial charge is 0.383 e. The minimum absolute atomic E-state index is 0.252. The Morgan fingerprint density at radius 2 is 1.73 bits per heavy atom. The summed E-state index contributed by atoms with van der Waals surface area (Å²) in [7, 11) is 1.65. The number of hydrogen-bond acceptors (Lipinski definition) is 5. The molecule has 0 spiro atoms. The molecular formula is C20H21FN4O. The van der Waals surface area contributed by atoms with Gasteiger partial charge in [0.1, 0.15) is 11.6 Å². The molecule has 0 saturated heterocycles. The monoisotopic (exact) mass is 352 g/mol. The van der Waals surface area contributed by atoms with Gasteiger partial charge in [0.2, 0.25) is 5.95 Å². The Kier molecular flexibility index (Phi) is 6.11. The normalized spacial score (nSPS) is 10.5. The van der Waals surface area contributed by atoms with Crippen molar-refractivity contribution < 1.29 is 9.13 Å². The van der Waals surface area contributed by atoms with E-state index in [0.717, 1.165) is 11.3 Å². The van der Waals surface area contributed by atoms with E-state index in [1.54, 1.807) is 25.3 Å². The Labute approximate surface area is 152 Å². The Morgan fingerprint density at radius 3 is 2.50 bits per heavy atom. The highest BCUT2D eigenvalue weighted by atomic mass is 19.1. The summed E-state index contributed by atoms with van der Waals surface area (Å²) in [6.45, 7) is 1.51. The van der Waals surface area contributed by atoms with Gasteiger partial charge in [0.05, 0.1) is 12.3 Å². The predicted octanol–water partition coefficient (Wildman–Crippen LogP) is 3.95. The van der Waals surface area contributed by atoms with Crippen molar-refractivity contribution in [2.75, 3.05) is 30.9 Å². The number of aromatic nitrogens is 2. The lowest BCUT2D eigenvalue weighted by Gasteiger charge is -2.11. The molecule has 1 heterocycles. The zero-order valence-electron chi connectivity index (χ0n) is 14.6.